The summed E-state index contributed by atoms with van der Waals surface area (Å²) in [5, 5.41) is 3.97. The summed E-state index contributed by atoms with van der Waals surface area (Å²) in [6.07, 6.45) is 5.79. The number of nitrogen functional groups attached to an aromatic ring is 1. The molecule has 2 aromatic heterocycles. The number of nitrogens with one attached hydrogen (secondary N) is 1. The highest BCUT2D eigenvalue weighted by Gasteiger charge is 2.17. The molecule has 196 valence electrons. The van der Waals surface area contributed by atoms with Gasteiger partial charge in [0, 0.05) is 31.4 Å². The molecule has 0 aliphatic carbocycles. The number of pyridine rings is 1. The minimum Gasteiger partial charge on any atom is -0.382 e. The van der Waals surface area contributed by atoms with Gasteiger partial charge in [0.25, 0.3) is 0 Å². The summed E-state index contributed by atoms with van der Waals surface area (Å²) >= 11 is 0. The number of para-hydroxylation sites is 1. The molecule has 4 rings (SSSR count). The van der Waals surface area contributed by atoms with Gasteiger partial charge in [-0.2, -0.15) is 0 Å². The average molecular weight is 501 g/mol. The van der Waals surface area contributed by atoms with E-state index in [4.69, 9.17) is 10.7 Å². The summed E-state index contributed by atoms with van der Waals surface area (Å²) in [5.41, 5.74) is 11.5. The van der Waals surface area contributed by atoms with Crippen LogP contribution in [0.4, 0.5) is 5.82 Å². The lowest BCUT2D eigenvalue weighted by Crippen LogP contribution is -2.24. The van der Waals surface area contributed by atoms with E-state index in [1.54, 1.807) is 0 Å². The molecule has 7 heteroatoms. The summed E-state index contributed by atoms with van der Waals surface area (Å²) in [6.45, 7) is 7.65. The number of nitrogens with zero attached hydrogens (tertiary/aromatic N) is 4. The van der Waals surface area contributed by atoms with Crippen LogP contribution in [0.25, 0.3) is 21.9 Å². The van der Waals surface area contributed by atoms with E-state index in [1.807, 2.05) is 19.1 Å². The number of aromatic nitrogens is 3. The Morgan fingerprint density at radius 3 is 2.51 bits per heavy atom. The summed E-state index contributed by atoms with van der Waals surface area (Å²) in [5.74, 6) is 1.70. The van der Waals surface area contributed by atoms with Crippen molar-refractivity contribution in [1.82, 2.24) is 24.8 Å². The van der Waals surface area contributed by atoms with Crippen LogP contribution < -0.4 is 11.1 Å². The van der Waals surface area contributed by atoms with Gasteiger partial charge in [-0.3, -0.25) is 4.79 Å². The molecule has 0 aliphatic rings. The lowest BCUT2D eigenvalue weighted by Gasteiger charge is -2.17. The maximum Gasteiger partial charge on any atom is 0.224 e. The van der Waals surface area contributed by atoms with Gasteiger partial charge in [0.1, 0.15) is 11.3 Å². The minimum atomic E-state index is 0.0721. The zero-order valence-corrected chi connectivity index (χ0v) is 22.5. The predicted octanol–water partition coefficient (Wildman–Crippen LogP) is 5.10. The summed E-state index contributed by atoms with van der Waals surface area (Å²) in [4.78, 5) is 23.7. The van der Waals surface area contributed by atoms with Crippen LogP contribution in [0.5, 0.6) is 0 Å². The maximum atomic E-state index is 11.8. The number of fused-ring (bicyclic) bond motifs is 3. The number of likely N-dealkylation sites (N-methyl/N-ethyl adjacent to an activating group) is 1. The van der Waals surface area contributed by atoms with Gasteiger partial charge >= 0.3 is 0 Å². The number of aryl methyl sites for hydroxylation is 2. The molecule has 0 aliphatic heterocycles. The fraction of sp³-hybridized carbons (Fsp3) is 0.433. The number of hydrogen-bond acceptors (Lipinski definition) is 5. The van der Waals surface area contributed by atoms with Gasteiger partial charge in [0.15, 0.2) is 5.82 Å². The Kier molecular flexibility index (Phi) is 9.12. The molecule has 2 heterocycles. The first-order valence-electron chi connectivity index (χ1n) is 13.6. The molecule has 3 N–H and O–H groups in total. The maximum absolute atomic E-state index is 11.8. The van der Waals surface area contributed by atoms with Crippen LogP contribution in [-0.4, -0.2) is 45.5 Å². The summed E-state index contributed by atoms with van der Waals surface area (Å²) in [7, 11) is 2.17. The van der Waals surface area contributed by atoms with Crippen molar-refractivity contribution in [2.24, 2.45) is 0 Å². The van der Waals surface area contributed by atoms with Gasteiger partial charge in [-0.1, -0.05) is 55.8 Å². The molecule has 0 fully saturated rings. The smallest absolute Gasteiger partial charge is 0.224 e. The Morgan fingerprint density at radius 2 is 1.76 bits per heavy atom. The molecule has 0 spiro atoms. The van der Waals surface area contributed by atoms with Crippen LogP contribution in [-0.2, 0) is 30.7 Å². The number of nitrogens with two attached hydrogens (primary N) is 1. The number of carbonyl (C=O) groups is 1. The lowest BCUT2D eigenvalue weighted by atomic mass is 10.1. The third kappa shape index (κ3) is 6.66. The molecule has 0 atom stereocenters. The lowest BCUT2D eigenvalue weighted by molar-refractivity contribution is -0.120. The van der Waals surface area contributed by atoms with Crippen LogP contribution in [0.1, 0.15) is 56.5 Å². The molecule has 7 nitrogen and oxygen atoms in total. The molecular formula is C30H40N6O. The van der Waals surface area contributed by atoms with Crippen molar-refractivity contribution >= 4 is 33.7 Å². The number of benzene rings is 2. The highest BCUT2D eigenvalue weighted by molar-refractivity contribution is 6.06. The van der Waals surface area contributed by atoms with Crippen molar-refractivity contribution in [2.75, 3.05) is 25.9 Å². The topological polar surface area (TPSA) is 89.1 Å². The van der Waals surface area contributed by atoms with E-state index in [1.165, 1.54) is 5.56 Å². The second-order valence-corrected chi connectivity index (χ2v) is 9.89. The van der Waals surface area contributed by atoms with E-state index in [2.05, 4.69) is 70.1 Å². The quantitative estimate of drug-likeness (QED) is 0.249. The number of unbranched alkanes of at least 4 members (excludes halogenated alkanes) is 2. The number of hydrogen-bond donors (Lipinski definition) is 2. The Hall–Kier alpha value is -3.45. The van der Waals surface area contributed by atoms with Gasteiger partial charge in [-0.25, -0.2) is 9.97 Å². The van der Waals surface area contributed by atoms with Crippen molar-refractivity contribution in [2.45, 2.75) is 65.5 Å². The Labute approximate surface area is 220 Å². The Balaban J connectivity index is 1.38. The highest BCUT2D eigenvalue weighted by Crippen LogP contribution is 2.29. The first-order chi connectivity index (χ1) is 18.0. The van der Waals surface area contributed by atoms with Crippen LogP contribution in [0, 0.1) is 0 Å². The van der Waals surface area contributed by atoms with Crippen LogP contribution in [0.15, 0.2) is 48.5 Å². The standard InChI is InChI=1S/C30H40N6O/c1-4-6-13-26-34-28-29(24-11-7-8-12-25(24)33-30(28)31)36(26)19-10-9-18-35(3)21-23-16-14-22(15-17-23)20-27(37)32-5-2/h7-8,11-12,14-17H,4-6,9-10,13,18-21H2,1-3H3,(H2,31,33)(H,32,37). The number of rotatable bonds is 13. The van der Waals surface area contributed by atoms with Gasteiger partial charge in [-0.05, 0) is 57.0 Å². The molecule has 0 saturated carbocycles. The molecule has 0 radical (unpaired) electrons. The van der Waals surface area contributed by atoms with E-state index < -0.39 is 0 Å². The highest BCUT2D eigenvalue weighted by atomic mass is 16.1. The zero-order chi connectivity index (χ0) is 26.2. The van der Waals surface area contributed by atoms with Gasteiger partial charge < -0.3 is 20.5 Å². The first-order valence-corrected chi connectivity index (χ1v) is 13.6. The Bertz CT molecular complexity index is 1330. The normalized spacial score (nSPS) is 11.6. The second-order valence-electron chi connectivity index (χ2n) is 9.89. The molecule has 0 unspecified atom stereocenters. The molecular weight excluding hydrogens is 460 g/mol. The van der Waals surface area contributed by atoms with Crippen molar-refractivity contribution in [1.29, 1.82) is 0 Å². The van der Waals surface area contributed by atoms with E-state index in [0.29, 0.717) is 18.8 Å². The summed E-state index contributed by atoms with van der Waals surface area (Å²) < 4.78 is 2.39. The minimum absolute atomic E-state index is 0.0721. The van der Waals surface area contributed by atoms with E-state index in [0.717, 1.165) is 85.1 Å². The number of imidazole rings is 1. The van der Waals surface area contributed by atoms with Crippen LogP contribution in [0.2, 0.25) is 0 Å². The third-order valence-electron chi connectivity index (χ3n) is 6.83. The van der Waals surface area contributed by atoms with Crippen molar-refractivity contribution in [3.05, 3.63) is 65.5 Å². The fourth-order valence-electron chi connectivity index (χ4n) is 4.92. The summed E-state index contributed by atoms with van der Waals surface area (Å²) in [6, 6.07) is 16.6. The van der Waals surface area contributed by atoms with E-state index in [-0.39, 0.29) is 5.91 Å². The van der Waals surface area contributed by atoms with E-state index in [9.17, 15) is 4.79 Å². The Morgan fingerprint density at radius 1 is 1.00 bits per heavy atom. The largest absolute Gasteiger partial charge is 0.382 e. The zero-order valence-electron chi connectivity index (χ0n) is 22.5. The van der Waals surface area contributed by atoms with Gasteiger partial charge in [0.2, 0.25) is 5.91 Å². The van der Waals surface area contributed by atoms with Gasteiger partial charge in [-0.15, -0.1) is 0 Å². The molecule has 2 aromatic carbocycles. The molecule has 4 aromatic rings. The SMILES string of the molecule is CCCCc1nc2c(N)nc3ccccc3c2n1CCCCN(C)Cc1ccc(CC(=O)NCC)cc1. The molecule has 0 bridgehead atoms. The van der Waals surface area contributed by atoms with Crippen LogP contribution in [0.3, 0.4) is 0 Å². The monoisotopic (exact) mass is 500 g/mol. The number of carbonyl (C=O) groups excluding carboxylic acids is 1. The fourth-order valence-corrected chi connectivity index (χ4v) is 4.92. The number of anilines is 1. The van der Waals surface area contributed by atoms with Crippen molar-refractivity contribution in [3.63, 3.8) is 0 Å². The van der Waals surface area contributed by atoms with Crippen molar-refractivity contribution in [3.8, 4) is 0 Å². The molecule has 1 amide bonds. The van der Waals surface area contributed by atoms with Crippen LogP contribution >= 0.6 is 0 Å². The third-order valence-corrected chi connectivity index (χ3v) is 6.83. The van der Waals surface area contributed by atoms with Crippen molar-refractivity contribution < 1.29 is 4.79 Å². The number of amides is 1. The molecule has 37 heavy (non-hydrogen) atoms. The second kappa shape index (κ2) is 12.7. The average Bonchev–Trinajstić information content (AvgIpc) is 3.26. The first kappa shape index (κ1) is 26.6. The predicted molar refractivity (Wildman–Crippen MR) is 152 cm³/mol. The van der Waals surface area contributed by atoms with E-state index >= 15 is 0 Å². The molecule has 0 saturated heterocycles. The van der Waals surface area contributed by atoms with Gasteiger partial charge in [0.05, 0.1) is 17.5 Å².